The molecule has 0 aromatic carbocycles. The largest absolute Gasteiger partial charge is 0.326 e. The molecule has 3 atom stereocenters. The highest BCUT2D eigenvalue weighted by Crippen LogP contribution is 2.26. The summed E-state index contributed by atoms with van der Waals surface area (Å²) >= 11 is 1.76. The van der Waals surface area contributed by atoms with E-state index in [2.05, 4.69) is 47.5 Å². The lowest BCUT2D eigenvalue weighted by Gasteiger charge is -2.35. The first-order chi connectivity index (χ1) is 9.13. The second kappa shape index (κ2) is 6.84. The van der Waals surface area contributed by atoms with E-state index < -0.39 is 0 Å². The van der Waals surface area contributed by atoms with Gasteiger partial charge in [0.15, 0.2) is 0 Å². The summed E-state index contributed by atoms with van der Waals surface area (Å²) in [5, 5.41) is 4.38. The van der Waals surface area contributed by atoms with Crippen molar-refractivity contribution in [1.29, 1.82) is 0 Å². The molecule has 2 heterocycles. The average molecular weight is 281 g/mol. The van der Waals surface area contributed by atoms with Crippen molar-refractivity contribution in [3.05, 3.63) is 22.4 Å². The lowest BCUT2D eigenvalue weighted by molar-refractivity contribution is 0.152. The maximum Gasteiger partial charge on any atom is 0.0502 e. The zero-order valence-corrected chi connectivity index (χ0v) is 13.2. The smallest absolute Gasteiger partial charge is 0.0502 e. The van der Waals surface area contributed by atoms with E-state index in [0.29, 0.717) is 12.1 Å². The molecule has 0 radical (unpaired) electrons. The van der Waals surface area contributed by atoms with Crippen LogP contribution in [0.2, 0.25) is 0 Å². The Bertz CT molecular complexity index is 363. The van der Waals surface area contributed by atoms with Crippen LogP contribution in [-0.4, -0.2) is 48.6 Å². The van der Waals surface area contributed by atoms with Crippen LogP contribution in [-0.2, 0) is 0 Å². The lowest BCUT2D eigenvalue weighted by Crippen LogP contribution is -2.44. The van der Waals surface area contributed by atoms with Gasteiger partial charge in [-0.3, -0.25) is 9.80 Å². The summed E-state index contributed by atoms with van der Waals surface area (Å²) < 4.78 is 0. The average Bonchev–Trinajstić information content (AvgIpc) is 3.00. The number of hydrogen-bond acceptors (Lipinski definition) is 4. The fraction of sp³-hybridized carbons (Fsp3) is 0.733. The molecule has 3 nitrogen and oxygen atoms in total. The van der Waals surface area contributed by atoms with Crippen molar-refractivity contribution in [3.63, 3.8) is 0 Å². The number of nitrogens with zero attached hydrogens (tertiary/aromatic N) is 2. The van der Waals surface area contributed by atoms with Crippen LogP contribution in [0, 0.1) is 0 Å². The quantitative estimate of drug-likeness (QED) is 0.870. The minimum Gasteiger partial charge on any atom is -0.326 e. The van der Waals surface area contributed by atoms with Crippen molar-refractivity contribution < 1.29 is 0 Å². The molecule has 0 spiro atoms. The number of likely N-dealkylation sites (tertiary alicyclic amines) is 1. The zero-order chi connectivity index (χ0) is 13.8. The van der Waals surface area contributed by atoms with Gasteiger partial charge in [0.1, 0.15) is 0 Å². The third-order valence-corrected chi connectivity index (χ3v) is 4.96. The highest BCUT2D eigenvalue weighted by molar-refractivity contribution is 7.07. The van der Waals surface area contributed by atoms with Gasteiger partial charge in [0.05, 0.1) is 6.04 Å². The Morgan fingerprint density at radius 1 is 1.58 bits per heavy atom. The van der Waals surface area contributed by atoms with Crippen LogP contribution in [0.5, 0.6) is 0 Å². The molecular formula is C15H27N3S. The SMILES string of the molecule is CCN1CCCC1CN(C)C(c1ccsc1)C(C)N. The van der Waals surface area contributed by atoms with Crippen molar-refractivity contribution in [2.24, 2.45) is 5.73 Å². The Labute approximate surface area is 121 Å². The van der Waals surface area contributed by atoms with Gasteiger partial charge >= 0.3 is 0 Å². The van der Waals surface area contributed by atoms with Gasteiger partial charge in [-0.25, -0.2) is 0 Å². The van der Waals surface area contributed by atoms with Crippen molar-refractivity contribution >= 4 is 11.3 Å². The van der Waals surface area contributed by atoms with E-state index in [1.807, 2.05) is 0 Å². The molecule has 4 heteroatoms. The number of hydrogen-bond donors (Lipinski definition) is 1. The molecule has 2 N–H and O–H groups in total. The van der Waals surface area contributed by atoms with Crippen LogP contribution in [0.15, 0.2) is 16.8 Å². The molecule has 1 aliphatic rings. The molecule has 0 aliphatic carbocycles. The van der Waals surface area contributed by atoms with Gasteiger partial charge in [0, 0.05) is 18.6 Å². The molecule has 1 saturated heterocycles. The zero-order valence-electron chi connectivity index (χ0n) is 12.4. The van der Waals surface area contributed by atoms with Gasteiger partial charge in [0.2, 0.25) is 0 Å². The maximum atomic E-state index is 6.22. The lowest BCUT2D eigenvalue weighted by atomic mass is 10.0. The maximum absolute atomic E-state index is 6.22. The van der Waals surface area contributed by atoms with Crippen LogP contribution in [0.3, 0.4) is 0 Å². The fourth-order valence-electron chi connectivity index (χ4n) is 3.37. The van der Waals surface area contributed by atoms with Gasteiger partial charge in [-0.05, 0) is 62.3 Å². The van der Waals surface area contributed by atoms with E-state index in [-0.39, 0.29) is 6.04 Å². The third kappa shape index (κ3) is 3.57. The Morgan fingerprint density at radius 2 is 2.37 bits per heavy atom. The number of rotatable bonds is 6. The summed E-state index contributed by atoms with van der Waals surface area (Å²) in [4.78, 5) is 5.05. The van der Waals surface area contributed by atoms with Crippen LogP contribution in [0.4, 0.5) is 0 Å². The topological polar surface area (TPSA) is 32.5 Å². The van der Waals surface area contributed by atoms with Gasteiger partial charge in [-0.15, -0.1) is 0 Å². The van der Waals surface area contributed by atoms with Crippen molar-refractivity contribution in [1.82, 2.24) is 9.80 Å². The molecule has 1 aromatic heterocycles. The van der Waals surface area contributed by atoms with E-state index >= 15 is 0 Å². The number of likely N-dealkylation sites (N-methyl/N-ethyl adjacent to an activating group) is 2. The summed E-state index contributed by atoms with van der Waals surface area (Å²) in [6, 6.07) is 3.41. The van der Waals surface area contributed by atoms with Crippen LogP contribution >= 0.6 is 11.3 Å². The second-order valence-corrected chi connectivity index (χ2v) is 6.50. The van der Waals surface area contributed by atoms with E-state index in [9.17, 15) is 0 Å². The third-order valence-electron chi connectivity index (χ3n) is 4.26. The van der Waals surface area contributed by atoms with Gasteiger partial charge < -0.3 is 5.73 Å². The predicted molar refractivity (Wildman–Crippen MR) is 83.6 cm³/mol. The number of thiophene rings is 1. The molecule has 1 aliphatic heterocycles. The summed E-state index contributed by atoms with van der Waals surface area (Å²) in [7, 11) is 2.22. The van der Waals surface area contributed by atoms with E-state index in [1.165, 1.54) is 31.5 Å². The molecule has 0 amide bonds. The first-order valence-corrected chi connectivity index (χ1v) is 8.29. The van der Waals surface area contributed by atoms with E-state index in [0.717, 1.165) is 6.54 Å². The minimum atomic E-state index is 0.163. The molecule has 3 unspecified atom stereocenters. The Hall–Kier alpha value is -0.420. The molecule has 108 valence electrons. The Balaban J connectivity index is 2.02. The minimum absolute atomic E-state index is 0.163. The summed E-state index contributed by atoms with van der Waals surface area (Å²) in [5.41, 5.74) is 7.58. The Kier molecular flexibility index (Phi) is 5.39. The summed E-state index contributed by atoms with van der Waals surface area (Å²) in [5.74, 6) is 0. The summed E-state index contributed by atoms with van der Waals surface area (Å²) in [6.45, 7) is 7.93. The monoisotopic (exact) mass is 281 g/mol. The molecule has 2 rings (SSSR count). The van der Waals surface area contributed by atoms with Crippen LogP contribution < -0.4 is 5.73 Å². The molecule has 0 saturated carbocycles. The van der Waals surface area contributed by atoms with Gasteiger partial charge in [-0.2, -0.15) is 11.3 Å². The van der Waals surface area contributed by atoms with E-state index in [4.69, 9.17) is 5.73 Å². The van der Waals surface area contributed by atoms with Crippen molar-refractivity contribution in [2.45, 2.75) is 44.8 Å². The highest BCUT2D eigenvalue weighted by atomic mass is 32.1. The van der Waals surface area contributed by atoms with Crippen LogP contribution in [0.25, 0.3) is 0 Å². The molecule has 1 fully saturated rings. The summed E-state index contributed by atoms with van der Waals surface area (Å²) in [6.07, 6.45) is 2.67. The van der Waals surface area contributed by atoms with Crippen molar-refractivity contribution in [2.75, 3.05) is 26.7 Å². The van der Waals surface area contributed by atoms with Gasteiger partial charge in [0.25, 0.3) is 0 Å². The molecule has 1 aromatic rings. The number of nitrogens with two attached hydrogens (primary N) is 1. The first kappa shape index (κ1) is 15.0. The standard InChI is InChI=1S/C15H27N3S/c1-4-18-8-5-6-14(18)10-17(3)15(12(2)16)13-7-9-19-11-13/h7,9,11-12,14-15H,4-6,8,10,16H2,1-3H3. The molecule has 0 bridgehead atoms. The van der Waals surface area contributed by atoms with Gasteiger partial charge in [-0.1, -0.05) is 6.92 Å². The Morgan fingerprint density at radius 3 is 2.95 bits per heavy atom. The normalized spacial score (nSPS) is 23.9. The van der Waals surface area contributed by atoms with Crippen LogP contribution in [0.1, 0.15) is 38.3 Å². The van der Waals surface area contributed by atoms with E-state index in [1.54, 1.807) is 11.3 Å². The van der Waals surface area contributed by atoms with Crippen molar-refractivity contribution in [3.8, 4) is 0 Å². The second-order valence-electron chi connectivity index (χ2n) is 5.72. The highest BCUT2D eigenvalue weighted by Gasteiger charge is 2.28. The molecular weight excluding hydrogens is 254 g/mol. The fourth-order valence-corrected chi connectivity index (χ4v) is 4.06. The molecule has 19 heavy (non-hydrogen) atoms. The first-order valence-electron chi connectivity index (χ1n) is 7.35. The predicted octanol–water partition coefficient (Wildman–Crippen LogP) is 2.55.